The van der Waals surface area contributed by atoms with E-state index >= 15 is 0 Å². The summed E-state index contributed by atoms with van der Waals surface area (Å²) >= 11 is 0. The monoisotopic (exact) mass is 417 g/mol. The average Bonchev–Trinajstić information content (AvgIpc) is 2.82. The molecule has 2 aliphatic heterocycles. The van der Waals surface area contributed by atoms with Gasteiger partial charge in [0.15, 0.2) is 5.96 Å². The third-order valence-corrected chi connectivity index (χ3v) is 6.35. The second-order valence-electron chi connectivity index (χ2n) is 8.08. The molecule has 2 heterocycles. The zero-order valence-electron chi connectivity index (χ0n) is 18.5. The molecule has 0 atom stereocenters. The first kappa shape index (κ1) is 22.4. The summed E-state index contributed by atoms with van der Waals surface area (Å²) in [6, 6.07) is 8.38. The largest absolute Gasteiger partial charge is 0.497 e. The Morgan fingerprint density at radius 2 is 1.87 bits per heavy atom. The van der Waals surface area contributed by atoms with E-state index in [2.05, 4.69) is 29.3 Å². The summed E-state index contributed by atoms with van der Waals surface area (Å²) in [5.41, 5.74) is 1.26. The van der Waals surface area contributed by atoms with E-state index in [-0.39, 0.29) is 17.3 Å². The molecule has 7 nitrogen and oxygen atoms in total. The number of nitrogens with one attached hydrogen (secondary N) is 1. The highest BCUT2D eigenvalue weighted by Crippen LogP contribution is 2.36. The lowest BCUT2D eigenvalue weighted by Gasteiger charge is -2.38. The van der Waals surface area contributed by atoms with Crippen molar-refractivity contribution in [2.75, 3.05) is 53.6 Å². The van der Waals surface area contributed by atoms with Gasteiger partial charge in [0.2, 0.25) is 0 Å². The SMILES string of the molecule is CCNC(=NCC1(c2ccc(OC)cc2)CCOCC1)N1CCC(C(=O)OC)CC1. The molecule has 2 fully saturated rings. The summed E-state index contributed by atoms with van der Waals surface area (Å²) in [6.07, 6.45) is 3.50. The van der Waals surface area contributed by atoms with E-state index in [1.807, 2.05) is 12.1 Å². The number of carbonyl (C=O) groups is 1. The van der Waals surface area contributed by atoms with Crippen LogP contribution in [0.15, 0.2) is 29.3 Å². The van der Waals surface area contributed by atoms with Crippen molar-refractivity contribution in [3.05, 3.63) is 29.8 Å². The number of aliphatic imine (C=N–C) groups is 1. The Morgan fingerprint density at radius 1 is 1.20 bits per heavy atom. The molecule has 30 heavy (non-hydrogen) atoms. The Kier molecular flexibility index (Phi) is 7.96. The van der Waals surface area contributed by atoms with E-state index in [1.165, 1.54) is 12.7 Å². The van der Waals surface area contributed by atoms with E-state index < -0.39 is 0 Å². The minimum absolute atomic E-state index is 0.00439. The molecular formula is C23H35N3O4. The molecule has 166 valence electrons. The van der Waals surface area contributed by atoms with Crippen molar-refractivity contribution in [3.63, 3.8) is 0 Å². The van der Waals surface area contributed by atoms with E-state index in [0.717, 1.165) is 70.2 Å². The molecule has 0 bridgehead atoms. The van der Waals surface area contributed by atoms with E-state index in [9.17, 15) is 4.79 Å². The van der Waals surface area contributed by atoms with Crippen molar-refractivity contribution in [1.29, 1.82) is 0 Å². The standard InChI is InChI=1S/C23H35N3O4/c1-4-24-22(26-13-9-18(10-14-26)21(27)29-3)25-17-23(11-15-30-16-12-23)19-5-7-20(28-2)8-6-19/h5-8,18H,4,9-17H2,1-3H3,(H,24,25). The van der Waals surface area contributed by atoms with Gasteiger partial charge in [-0.05, 0) is 50.3 Å². The van der Waals surface area contributed by atoms with Gasteiger partial charge in [-0.25, -0.2) is 0 Å². The van der Waals surface area contributed by atoms with Crippen LogP contribution in [0.25, 0.3) is 0 Å². The number of ether oxygens (including phenoxy) is 3. The highest BCUT2D eigenvalue weighted by molar-refractivity contribution is 5.80. The van der Waals surface area contributed by atoms with Crippen molar-refractivity contribution in [3.8, 4) is 5.75 Å². The summed E-state index contributed by atoms with van der Waals surface area (Å²) in [5, 5.41) is 3.45. The van der Waals surface area contributed by atoms with Gasteiger partial charge in [0.25, 0.3) is 0 Å². The molecule has 0 radical (unpaired) electrons. The van der Waals surface area contributed by atoms with Crippen LogP contribution in [0.1, 0.15) is 38.2 Å². The quantitative estimate of drug-likeness (QED) is 0.436. The van der Waals surface area contributed by atoms with Crippen molar-refractivity contribution >= 4 is 11.9 Å². The fraction of sp³-hybridized carbons (Fsp3) is 0.652. The maximum Gasteiger partial charge on any atom is 0.308 e. The Hall–Kier alpha value is -2.28. The molecule has 2 saturated heterocycles. The predicted molar refractivity (Wildman–Crippen MR) is 117 cm³/mol. The first-order valence-electron chi connectivity index (χ1n) is 10.9. The maximum absolute atomic E-state index is 11.8. The summed E-state index contributed by atoms with van der Waals surface area (Å²) in [4.78, 5) is 19.2. The van der Waals surface area contributed by atoms with Crippen LogP contribution in [-0.2, 0) is 19.7 Å². The molecule has 0 aromatic heterocycles. The van der Waals surface area contributed by atoms with Crippen LogP contribution in [-0.4, -0.2) is 70.4 Å². The van der Waals surface area contributed by atoms with Crippen molar-refractivity contribution in [2.45, 2.75) is 38.0 Å². The van der Waals surface area contributed by atoms with Crippen molar-refractivity contribution < 1.29 is 19.0 Å². The Morgan fingerprint density at radius 3 is 2.43 bits per heavy atom. The van der Waals surface area contributed by atoms with Gasteiger partial charge < -0.3 is 24.4 Å². The van der Waals surface area contributed by atoms with Gasteiger partial charge in [0, 0.05) is 38.3 Å². The van der Waals surface area contributed by atoms with E-state index in [4.69, 9.17) is 19.2 Å². The molecule has 1 aromatic carbocycles. The summed E-state index contributed by atoms with van der Waals surface area (Å²) < 4.78 is 15.9. The zero-order chi connectivity index (χ0) is 21.4. The van der Waals surface area contributed by atoms with E-state index in [0.29, 0.717) is 6.54 Å². The normalized spacial score (nSPS) is 20.0. The maximum atomic E-state index is 11.8. The number of piperidine rings is 1. The van der Waals surface area contributed by atoms with Crippen LogP contribution in [0.4, 0.5) is 0 Å². The Labute approximate surface area is 179 Å². The number of guanidine groups is 1. The van der Waals surface area contributed by atoms with Gasteiger partial charge in [-0.2, -0.15) is 0 Å². The van der Waals surface area contributed by atoms with Crippen LogP contribution < -0.4 is 10.1 Å². The molecule has 0 aliphatic carbocycles. The van der Waals surface area contributed by atoms with Crippen molar-refractivity contribution in [1.82, 2.24) is 10.2 Å². The predicted octanol–water partition coefficient (Wildman–Crippen LogP) is 2.59. The highest BCUT2D eigenvalue weighted by Gasteiger charge is 2.35. The van der Waals surface area contributed by atoms with Crippen LogP contribution in [0.5, 0.6) is 5.75 Å². The number of likely N-dealkylation sites (tertiary alicyclic amines) is 1. The number of benzene rings is 1. The van der Waals surface area contributed by atoms with Crippen LogP contribution >= 0.6 is 0 Å². The summed E-state index contributed by atoms with van der Waals surface area (Å²) in [6.45, 7) is 6.74. The molecule has 0 amide bonds. The second-order valence-corrected chi connectivity index (χ2v) is 8.08. The van der Waals surface area contributed by atoms with Gasteiger partial charge in [-0.3, -0.25) is 9.79 Å². The number of hydrogen-bond acceptors (Lipinski definition) is 5. The molecule has 7 heteroatoms. The Bertz CT molecular complexity index is 706. The minimum Gasteiger partial charge on any atom is -0.497 e. The van der Waals surface area contributed by atoms with Crippen LogP contribution in [0.3, 0.4) is 0 Å². The number of carbonyl (C=O) groups excluding carboxylic acids is 1. The second kappa shape index (κ2) is 10.7. The topological polar surface area (TPSA) is 72.4 Å². The van der Waals surface area contributed by atoms with Gasteiger partial charge in [-0.15, -0.1) is 0 Å². The molecule has 0 unspecified atom stereocenters. The van der Waals surface area contributed by atoms with Crippen molar-refractivity contribution in [2.24, 2.45) is 10.9 Å². The smallest absolute Gasteiger partial charge is 0.308 e. The molecule has 1 aromatic rings. The minimum atomic E-state index is -0.0998. The number of hydrogen-bond donors (Lipinski definition) is 1. The van der Waals surface area contributed by atoms with Gasteiger partial charge in [0.1, 0.15) is 5.75 Å². The molecule has 2 aliphatic rings. The van der Waals surface area contributed by atoms with Crippen LogP contribution in [0, 0.1) is 5.92 Å². The first-order chi connectivity index (χ1) is 14.6. The van der Waals surface area contributed by atoms with Gasteiger partial charge in [0.05, 0.1) is 26.7 Å². The first-order valence-corrected chi connectivity index (χ1v) is 10.9. The lowest BCUT2D eigenvalue weighted by molar-refractivity contribution is -0.146. The average molecular weight is 418 g/mol. The Balaban J connectivity index is 1.75. The molecule has 0 spiro atoms. The fourth-order valence-corrected chi connectivity index (χ4v) is 4.39. The van der Waals surface area contributed by atoms with Gasteiger partial charge >= 0.3 is 5.97 Å². The third kappa shape index (κ3) is 5.25. The zero-order valence-corrected chi connectivity index (χ0v) is 18.5. The number of esters is 1. The molecule has 1 N–H and O–H groups in total. The number of nitrogens with zero attached hydrogens (tertiary/aromatic N) is 2. The number of rotatable bonds is 6. The summed E-state index contributed by atoms with van der Waals surface area (Å²) in [5.74, 6) is 1.69. The van der Waals surface area contributed by atoms with Gasteiger partial charge in [-0.1, -0.05) is 12.1 Å². The molecule has 0 saturated carbocycles. The third-order valence-electron chi connectivity index (χ3n) is 6.35. The summed E-state index contributed by atoms with van der Waals surface area (Å²) in [7, 11) is 3.16. The van der Waals surface area contributed by atoms with Crippen LogP contribution in [0.2, 0.25) is 0 Å². The molecular weight excluding hydrogens is 382 g/mol. The fourth-order valence-electron chi connectivity index (χ4n) is 4.39. The number of methoxy groups -OCH3 is 2. The van der Waals surface area contributed by atoms with E-state index in [1.54, 1.807) is 7.11 Å². The lowest BCUT2D eigenvalue weighted by Crippen LogP contribution is -2.47. The molecule has 3 rings (SSSR count). The highest BCUT2D eigenvalue weighted by atomic mass is 16.5. The lowest BCUT2D eigenvalue weighted by atomic mass is 9.74.